The Labute approximate surface area is 84.5 Å². The van der Waals surface area contributed by atoms with Crippen LogP contribution in [0.2, 0.25) is 0 Å². The average molecular weight is 195 g/mol. The molecule has 0 bridgehead atoms. The van der Waals surface area contributed by atoms with Crippen LogP contribution in [0.15, 0.2) is 17.3 Å². The van der Waals surface area contributed by atoms with Crippen LogP contribution in [-0.4, -0.2) is 24.2 Å². The van der Waals surface area contributed by atoms with Gasteiger partial charge in [0.05, 0.1) is 5.54 Å². The lowest BCUT2D eigenvalue weighted by Crippen LogP contribution is -2.41. The van der Waals surface area contributed by atoms with E-state index in [1.165, 1.54) is 0 Å². The van der Waals surface area contributed by atoms with Crippen molar-refractivity contribution < 1.29 is 4.79 Å². The summed E-state index contributed by atoms with van der Waals surface area (Å²) < 4.78 is 0. The van der Waals surface area contributed by atoms with E-state index in [1.54, 1.807) is 6.21 Å². The Kier molecular flexibility index (Phi) is 3.68. The molecular formula is C10H17N3O. The lowest BCUT2D eigenvalue weighted by Gasteiger charge is -2.27. The molecule has 0 fully saturated rings. The fourth-order valence-corrected chi connectivity index (χ4v) is 1.25. The minimum atomic E-state index is -0.129. The van der Waals surface area contributed by atoms with E-state index in [9.17, 15) is 4.79 Å². The molecule has 0 aromatic carbocycles. The average Bonchev–Trinajstić information content (AvgIpc) is 2.18. The van der Waals surface area contributed by atoms with Crippen LogP contribution in [0.5, 0.6) is 0 Å². The first-order valence-electron chi connectivity index (χ1n) is 4.91. The fraction of sp³-hybridized carbons (Fsp3) is 0.600. The summed E-state index contributed by atoms with van der Waals surface area (Å²) in [6, 6.07) is 0. The third-order valence-electron chi connectivity index (χ3n) is 2.23. The molecular weight excluding hydrogens is 178 g/mol. The van der Waals surface area contributed by atoms with Gasteiger partial charge < -0.3 is 10.7 Å². The second-order valence-corrected chi connectivity index (χ2v) is 3.62. The normalized spacial score (nSPS) is 24.4. The van der Waals surface area contributed by atoms with Gasteiger partial charge in [-0.1, -0.05) is 13.0 Å². The summed E-state index contributed by atoms with van der Waals surface area (Å²) in [7, 11) is 0. The predicted octanol–water partition coefficient (Wildman–Crippen LogP) is 0.807. The molecule has 4 heteroatoms. The molecule has 1 unspecified atom stereocenters. The standard InChI is InChI=1S/C10H17N3O/c1-3-9(14)11-8-6-10(2)5-4-7-12-13-10/h4-5,7,13H,3,6,8H2,1-2H3,(H,11,14). The van der Waals surface area contributed by atoms with E-state index in [0.29, 0.717) is 13.0 Å². The Bertz CT molecular complexity index is 260. The lowest BCUT2D eigenvalue weighted by atomic mass is 9.97. The highest BCUT2D eigenvalue weighted by Gasteiger charge is 2.20. The Balaban J connectivity index is 2.27. The molecule has 1 heterocycles. The van der Waals surface area contributed by atoms with Crippen molar-refractivity contribution in [2.75, 3.05) is 6.54 Å². The third-order valence-corrected chi connectivity index (χ3v) is 2.23. The Morgan fingerprint density at radius 1 is 1.64 bits per heavy atom. The van der Waals surface area contributed by atoms with Gasteiger partial charge in [-0.2, -0.15) is 5.10 Å². The quantitative estimate of drug-likeness (QED) is 0.697. The first kappa shape index (κ1) is 10.8. The number of rotatable bonds is 4. The van der Waals surface area contributed by atoms with Crippen LogP contribution < -0.4 is 10.7 Å². The maximum Gasteiger partial charge on any atom is 0.219 e. The molecule has 0 spiro atoms. The maximum atomic E-state index is 11.0. The summed E-state index contributed by atoms with van der Waals surface area (Å²) in [6.07, 6.45) is 7.06. The zero-order chi connectivity index (χ0) is 10.4. The number of nitrogens with zero attached hydrogens (tertiary/aromatic N) is 1. The zero-order valence-corrected chi connectivity index (χ0v) is 8.71. The van der Waals surface area contributed by atoms with Crippen molar-refractivity contribution in [2.24, 2.45) is 5.10 Å². The molecule has 1 atom stereocenters. The monoisotopic (exact) mass is 195 g/mol. The van der Waals surface area contributed by atoms with E-state index in [0.717, 1.165) is 6.42 Å². The van der Waals surface area contributed by atoms with Gasteiger partial charge in [-0.25, -0.2) is 0 Å². The first-order valence-corrected chi connectivity index (χ1v) is 4.91. The highest BCUT2D eigenvalue weighted by molar-refractivity contribution is 5.75. The van der Waals surface area contributed by atoms with Crippen LogP contribution in [0, 0.1) is 0 Å². The predicted molar refractivity (Wildman–Crippen MR) is 57.1 cm³/mol. The second kappa shape index (κ2) is 4.79. The summed E-state index contributed by atoms with van der Waals surface area (Å²) in [5.41, 5.74) is 2.89. The first-order chi connectivity index (χ1) is 6.66. The van der Waals surface area contributed by atoms with Gasteiger partial charge in [-0.3, -0.25) is 4.79 Å². The SMILES string of the molecule is CCC(=O)NCCC1(C)C=CC=NN1. The number of allylic oxidation sites excluding steroid dienone is 1. The van der Waals surface area contributed by atoms with E-state index < -0.39 is 0 Å². The molecule has 0 aromatic rings. The highest BCUT2D eigenvalue weighted by Crippen LogP contribution is 2.12. The van der Waals surface area contributed by atoms with Crippen molar-refractivity contribution in [3.8, 4) is 0 Å². The number of hydrogen-bond acceptors (Lipinski definition) is 3. The Morgan fingerprint density at radius 2 is 2.43 bits per heavy atom. The molecule has 0 aromatic heterocycles. The zero-order valence-electron chi connectivity index (χ0n) is 8.71. The summed E-state index contributed by atoms with van der Waals surface area (Å²) in [4.78, 5) is 11.0. The summed E-state index contributed by atoms with van der Waals surface area (Å²) in [5.74, 6) is 0.0943. The van der Waals surface area contributed by atoms with Crippen LogP contribution in [0.1, 0.15) is 26.7 Å². The van der Waals surface area contributed by atoms with Crippen LogP contribution in [-0.2, 0) is 4.79 Å². The minimum absolute atomic E-state index is 0.0943. The van der Waals surface area contributed by atoms with Crippen molar-refractivity contribution >= 4 is 12.1 Å². The number of hydrazone groups is 1. The van der Waals surface area contributed by atoms with Crippen molar-refractivity contribution in [2.45, 2.75) is 32.2 Å². The molecule has 0 saturated heterocycles. The number of carbonyl (C=O) groups excluding carboxylic acids is 1. The van der Waals surface area contributed by atoms with Gasteiger partial charge in [0.25, 0.3) is 0 Å². The molecule has 4 nitrogen and oxygen atoms in total. The van der Waals surface area contributed by atoms with Crippen molar-refractivity contribution in [1.82, 2.24) is 10.7 Å². The number of hydrogen-bond donors (Lipinski definition) is 2. The molecule has 0 aliphatic carbocycles. The highest BCUT2D eigenvalue weighted by atomic mass is 16.1. The van der Waals surface area contributed by atoms with E-state index in [-0.39, 0.29) is 11.4 Å². The molecule has 1 aliphatic heterocycles. The summed E-state index contributed by atoms with van der Waals surface area (Å²) in [6.45, 7) is 4.58. The number of nitrogens with one attached hydrogen (secondary N) is 2. The van der Waals surface area contributed by atoms with Crippen LogP contribution >= 0.6 is 0 Å². The van der Waals surface area contributed by atoms with Gasteiger partial charge in [0, 0.05) is 19.2 Å². The van der Waals surface area contributed by atoms with Crippen molar-refractivity contribution in [3.05, 3.63) is 12.2 Å². The number of carbonyl (C=O) groups is 1. The molecule has 1 rings (SSSR count). The van der Waals surface area contributed by atoms with Gasteiger partial charge in [-0.05, 0) is 19.4 Å². The van der Waals surface area contributed by atoms with E-state index >= 15 is 0 Å². The Hall–Kier alpha value is -1.32. The largest absolute Gasteiger partial charge is 0.356 e. The maximum absolute atomic E-state index is 11.0. The molecule has 2 N–H and O–H groups in total. The molecule has 1 amide bonds. The molecule has 78 valence electrons. The van der Waals surface area contributed by atoms with Gasteiger partial charge in [0.15, 0.2) is 0 Å². The summed E-state index contributed by atoms with van der Waals surface area (Å²) in [5, 5.41) is 6.81. The van der Waals surface area contributed by atoms with Crippen LogP contribution in [0.4, 0.5) is 0 Å². The fourth-order valence-electron chi connectivity index (χ4n) is 1.25. The van der Waals surface area contributed by atoms with Crippen LogP contribution in [0.3, 0.4) is 0 Å². The molecule has 1 aliphatic rings. The molecule has 0 saturated carbocycles. The van der Waals surface area contributed by atoms with Gasteiger partial charge >= 0.3 is 0 Å². The minimum Gasteiger partial charge on any atom is -0.356 e. The van der Waals surface area contributed by atoms with E-state index in [1.807, 2.05) is 13.0 Å². The van der Waals surface area contributed by atoms with E-state index in [2.05, 4.69) is 28.8 Å². The van der Waals surface area contributed by atoms with E-state index in [4.69, 9.17) is 0 Å². The Morgan fingerprint density at radius 3 is 3.00 bits per heavy atom. The number of amides is 1. The third kappa shape index (κ3) is 3.20. The van der Waals surface area contributed by atoms with Gasteiger partial charge in [0.1, 0.15) is 0 Å². The smallest absolute Gasteiger partial charge is 0.219 e. The van der Waals surface area contributed by atoms with Gasteiger partial charge in [-0.15, -0.1) is 0 Å². The lowest BCUT2D eigenvalue weighted by molar-refractivity contribution is -0.120. The van der Waals surface area contributed by atoms with Gasteiger partial charge in [0.2, 0.25) is 5.91 Å². The van der Waals surface area contributed by atoms with Crippen LogP contribution in [0.25, 0.3) is 0 Å². The summed E-state index contributed by atoms with van der Waals surface area (Å²) >= 11 is 0. The van der Waals surface area contributed by atoms with Crippen molar-refractivity contribution in [1.29, 1.82) is 0 Å². The topological polar surface area (TPSA) is 53.5 Å². The molecule has 0 radical (unpaired) electrons. The van der Waals surface area contributed by atoms with Crippen molar-refractivity contribution in [3.63, 3.8) is 0 Å². The molecule has 14 heavy (non-hydrogen) atoms. The second-order valence-electron chi connectivity index (χ2n) is 3.62.